The van der Waals surface area contributed by atoms with Gasteiger partial charge in [-0.05, 0) is 90.8 Å². The Balaban J connectivity index is 1.50. The molecule has 0 fully saturated rings. The highest BCUT2D eigenvalue weighted by Crippen LogP contribution is 2.35. The van der Waals surface area contributed by atoms with Crippen LogP contribution in [0.5, 0.6) is 0 Å². The summed E-state index contributed by atoms with van der Waals surface area (Å²) >= 11 is 0. The topological polar surface area (TPSA) is 75.6 Å². The summed E-state index contributed by atoms with van der Waals surface area (Å²) in [6.45, 7) is 7.25. The number of hydrogen-bond donors (Lipinski definition) is 2. The van der Waals surface area contributed by atoms with E-state index in [2.05, 4.69) is 49.5 Å². The summed E-state index contributed by atoms with van der Waals surface area (Å²) in [5.74, 6) is -1.92. The maximum Gasteiger partial charge on any atom is 0.326 e. The Labute approximate surface area is 239 Å². The second kappa shape index (κ2) is 14.5. The molecule has 0 heterocycles. The number of unbranched alkanes of at least 4 members (excludes halogenated alkanes) is 1. The fourth-order valence-corrected chi connectivity index (χ4v) is 6.04. The fraction of sp³-hybridized carbons (Fsp3) is 0.486. The van der Waals surface area contributed by atoms with Crippen LogP contribution in [0.25, 0.3) is 0 Å². The first-order valence-electron chi connectivity index (χ1n) is 15.1. The third-order valence-corrected chi connectivity index (χ3v) is 8.33. The number of carboxylic acids is 1. The number of nitrogens with one attached hydrogen (secondary N) is 1. The monoisotopic (exact) mass is 543 g/mol. The molecule has 4 rings (SSSR count). The van der Waals surface area contributed by atoms with Gasteiger partial charge in [-0.2, -0.15) is 0 Å². The number of carbonyl (C=O) groups is 2. The van der Waals surface area contributed by atoms with Crippen LogP contribution in [-0.4, -0.2) is 29.6 Å². The van der Waals surface area contributed by atoms with Crippen molar-refractivity contribution in [3.63, 3.8) is 0 Å². The summed E-state index contributed by atoms with van der Waals surface area (Å²) in [7, 11) is 0. The number of rotatable bonds is 13. The van der Waals surface area contributed by atoms with Crippen LogP contribution in [0.4, 0.5) is 0 Å². The van der Waals surface area contributed by atoms with E-state index in [4.69, 9.17) is 4.74 Å². The third kappa shape index (κ3) is 7.51. The van der Waals surface area contributed by atoms with E-state index >= 15 is 0 Å². The van der Waals surface area contributed by atoms with Crippen molar-refractivity contribution in [2.24, 2.45) is 5.92 Å². The molecule has 0 bridgehead atoms. The summed E-state index contributed by atoms with van der Waals surface area (Å²) in [5, 5.41) is 12.4. The Morgan fingerprint density at radius 3 is 2.42 bits per heavy atom. The number of aryl methyl sites for hydroxylation is 4. The maximum atomic E-state index is 13.3. The molecule has 3 atom stereocenters. The average Bonchev–Trinajstić information content (AvgIpc) is 2.95. The van der Waals surface area contributed by atoms with Gasteiger partial charge in [0.1, 0.15) is 6.04 Å². The number of allylic oxidation sites excluding steroid dienone is 1. The van der Waals surface area contributed by atoms with E-state index < -0.39 is 17.9 Å². The van der Waals surface area contributed by atoms with E-state index in [1.54, 1.807) is 0 Å². The quantitative estimate of drug-likeness (QED) is 0.285. The van der Waals surface area contributed by atoms with Crippen LogP contribution in [-0.2, 0) is 40.2 Å². The molecule has 1 amide bonds. The predicted octanol–water partition coefficient (Wildman–Crippen LogP) is 7.00. The fourth-order valence-electron chi connectivity index (χ4n) is 6.04. The smallest absolute Gasteiger partial charge is 0.326 e. The molecule has 0 radical (unpaired) electrons. The van der Waals surface area contributed by atoms with E-state index in [0.29, 0.717) is 26.1 Å². The molecule has 0 saturated heterocycles. The number of aliphatic carboxylic acids is 1. The zero-order valence-corrected chi connectivity index (χ0v) is 24.4. The Bertz CT molecular complexity index is 1240. The van der Waals surface area contributed by atoms with E-state index in [9.17, 15) is 14.7 Å². The first kappa shape index (κ1) is 29.8. The molecule has 5 heteroatoms. The van der Waals surface area contributed by atoms with Crippen LogP contribution in [0.1, 0.15) is 91.7 Å². The Hall–Kier alpha value is -3.18. The zero-order chi connectivity index (χ0) is 28.5. The highest BCUT2D eigenvalue weighted by molar-refractivity contribution is 5.87. The lowest BCUT2D eigenvalue weighted by Gasteiger charge is -2.28. The van der Waals surface area contributed by atoms with Crippen LogP contribution >= 0.6 is 0 Å². The van der Waals surface area contributed by atoms with E-state index in [0.717, 1.165) is 29.5 Å². The van der Waals surface area contributed by atoms with Crippen molar-refractivity contribution in [2.45, 2.75) is 97.1 Å². The second-order valence-electron chi connectivity index (χ2n) is 11.4. The average molecular weight is 544 g/mol. The molecule has 0 aliphatic heterocycles. The lowest BCUT2D eigenvalue weighted by Crippen LogP contribution is -2.44. The molecule has 2 N–H and O–H groups in total. The zero-order valence-electron chi connectivity index (χ0n) is 24.4. The SMILES string of the molecule is CCCCc1cc2c(cc1COCC1=CC(c3ccccc3C)C(C(=O)N[C@@H](CCC)C(=O)O)C=C1)CCCC2. The molecule has 0 aromatic heterocycles. The molecule has 214 valence electrons. The first-order valence-corrected chi connectivity index (χ1v) is 15.1. The van der Waals surface area contributed by atoms with Crippen LogP contribution < -0.4 is 5.32 Å². The minimum atomic E-state index is -0.993. The lowest BCUT2D eigenvalue weighted by molar-refractivity contribution is -0.142. The molecular weight excluding hydrogens is 498 g/mol. The maximum absolute atomic E-state index is 13.3. The summed E-state index contributed by atoms with van der Waals surface area (Å²) in [6.07, 6.45) is 15.5. The molecule has 2 aliphatic carbocycles. The van der Waals surface area contributed by atoms with Gasteiger partial charge in [0.05, 0.1) is 19.1 Å². The lowest BCUT2D eigenvalue weighted by atomic mass is 9.79. The van der Waals surface area contributed by atoms with Crippen LogP contribution in [0.2, 0.25) is 0 Å². The largest absolute Gasteiger partial charge is 0.480 e. The third-order valence-electron chi connectivity index (χ3n) is 8.33. The number of amides is 1. The molecule has 2 aromatic carbocycles. The number of fused-ring (bicyclic) bond motifs is 1. The standard InChI is InChI=1S/C35H45NO4/c1-4-6-13-28-20-26-14-8-9-15-27(26)21-29(28)23-40-22-25-17-18-31(34(37)36-33(11-5-2)35(38)39)32(19-25)30-16-10-7-12-24(30)3/h7,10,12,16-21,31-33H,4-6,8-9,11,13-15,22-23H2,1-3H3,(H,36,37)(H,38,39)/t31?,32?,33-/m0/s1. The van der Waals surface area contributed by atoms with Crippen molar-refractivity contribution in [3.8, 4) is 0 Å². The Morgan fingerprint density at radius 1 is 1.02 bits per heavy atom. The van der Waals surface area contributed by atoms with Gasteiger partial charge in [-0.3, -0.25) is 4.79 Å². The highest BCUT2D eigenvalue weighted by atomic mass is 16.5. The molecule has 0 spiro atoms. The second-order valence-corrected chi connectivity index (χ2v) is 11.4. The van der Waals surface area contributed by atoms with Gasteiger partial charge >= 0.3 is 5.97 Å². The van der Waals surface area contributed by atoms with E-state index in [1.807, 2.05) is 31.2 Å². The normalized spacial score (nSPS) is 19.0. The van der Waals surface area contributed by atoms with Gasteiger partial charge in [0.15, 0.2) is 0 Å². The highest BCUT2D eigenvalue weighted by Gasteiger charge is 2.32. The Morgan fingerprint density at radius 2 is 1.75 bits per heavy atom. The van der Waals surface area contributed by atoms with Crippen molar-refractivity contribution in [1.82, 2.24) is 5.32 Å². The number of carbonyl (C=O) groups excluding carboxylic acids is 1. The molecule has 0 saturated carbocycles. The van der Waals surface area contributed by atoms with Crippen molar-refractivity contribution >= 4 is 11.9 Å². The van der Waals surface area contributed by atoms with Gasteiger partial charge in [-0.25, -0.2) is 4.79 Å². The Kier molecular flexibility index (Phi) is 10.8. The van der Waals surface area contributed by atoms with Crippen molar-refractivity contribution in [2.75, 3.05) is 6.61 Å². The molecule has 2 aliphatic rings. The van der Waals surface area contributed by atoms with Crippen molar-refractivity contribution in [1.29, 1.82) is 0 Å². The predicted molar refractivity (Wildman–Crippen MR) is 160 cm³/mol. The molecule has 40 heavy (non-hydrogen) atoms. The molecule has 5 nitrogen and oxygen atoms in total. The summed E-state index contributed by atoms with van der Waals surface area (Å²) in [4.78, 5) is 25.0. The van der Waals surface area contributed by atoms with Gasteiger partial charge in [0.25, 0.3) is 0 Å². The van der Waals surface area contributed by atoms with Gasteiger partial charge in [0, 0.05) is 5.92 Å². The van der Waals surface area contributed by atoms with Gasteiger partial charge in [0.2, 0.25) is 5.91 Å². The number of ether oxygens (including phenoxy) is 1. The van der Waals surface area contributed by atoms with Crippen LogP contribution in [0, 0.1) is 12.8 Å². The van der Waals surface area contributed by atoms with Gasteiger partial charge in [-0.15, -0.1) is 0 Å². The minimum absolute atomic E-state index is 0.190. The molecule has 2 aromatic rings. The number of carboxylic acid groups (broad SMARTS) is 1. The number of benzene rings is 2. The first-order chi connectivity index (χ1) is 19.4. The van der Waals surface area contributed by atoms with E-state index in [-0.39, 0.29) is 11.8 Å². The van der Waals surface area contributed by atoms with Crippen molar-refractivity contribution in [3.05, 3.63) is 93.6 Å². The van der Waals surface area contributed by atoms with Crippen molar-refractivity contribution < 1.29 is 19.4 Å². The van der Waals surface area contributed by atoms with Crippen LogP contribution in [0.3, 0.4) is 0 Å². The summed E-state index contributed by atoms with van der Waals surface area (Å²) in [5.41, 5.74) is 8.95. The summed E-state index contributed by atoms with van der Waals surface area (Å²) < 4.78 is 6.31. The van der Waals surface area contributed by atoms with Gasteiger partial charge < -0.3 is 15.2 Å². The van der Waals surface area contributed by atoms with Crippen LogP contribution in [0.15, 0.2) is 60.2 Å². The molecular formula is C35H45NO4. The minimum Gasteiger partial charge on any atom is -0.480 e. The molecule has 2 unspecified atom stereocenters. The van der Waals surface area contributed by atoms with Gasteiger partial charge in [-0.1, -0.05) is 81.3 Å². The summed E-state index contributed by atoms with van der Waals surface area (Å²) in [6, 6.07) is 12.0. The van der Waals surface area contributed by atoms with E-state index in [1.165, 1.54) is 54.4 Å². The number of hydrogen-bond acceptors (Lipinski definition) is 3.